The standard InChI is InChI=1S/C16H22O3/c17-14(11-13-7-3-1-4-8-13)15-12-18-16(19-15)9-5-2-6-10-16/h1,3-4,7-8,14-15,17H,2,5-6,9-12H2/t14-,15-/m1/s1. The molecule has 2 aliphatic rings. The fraction of sp³-hybridized carbons (Fsp3) is 0.625. The average molecular weight is 262 g/mol. The molecule has 2 fully saturated rings. The molecule has 2 atom stereocenters. The Morgan fingerprint density at radius 3 is 2.63 bits per heavy atom. The highest BCUT2D eigenvalue weighted by molar-refractivity contribution is 5.15. The van der Waals surface area contributed by atoms with Crippen LogP contribution in [0.1, 0.15) is 37.7 Å². The van der Waals surface area contributed by atoms with E-state index in [0.29, 0.717) is 13.0 Å². The van der Waals surface area contributed by atoms with Crippen LogP contribution in [0.5, 0.6) is 0 Å². The van der Waals surface area contributed by atoms with E-state index in [4.69, 9.17) is 9.47 Å². The highest BCUT2D eigenvalue weighted by atomic mass is 16.7. The summed E-state index contributed by atoms with van der Waals surface area (Å²) in [6.07, 6.45) is 5.52. The van der Waals surface area contributed by atoms with Gasteiger partial charge in [0.15, 0.2) is 5.79 Å². The van der Waals surface area contributed by atoms with Crippen LogP contribution in [0.15, 0.2) is 30.3 Å². The minimum atomic E-state index is -0.483. The van der Waals surface area contributed by atoms with E-state index in [0.717, 1.165) is 18.4 Å². The van der Waals surface area contributed by atoms with Crippen LogP contribution in [0.4, 0.5) is 0 Å². The fourth-order valence-electron chi connectivity index (χ4n) is 3.11. The third-order valence-electron chi connectivity index (χ3n) is 4.21. The van der Waals surface area contributed by atoms with Crippen LogP contribution < -0.4 is 0 Å². The van der Waals surface area contributed by atoms with E-state index in [1.807, 2.05) is 30.3 Å². The Bertz CT molecular complexity index is 398. The summed E-state index contributed by atoms with van der Waals surface area (Å²) in [5.74, 6) is -0.388. The first-order valence-corrected chi connectivity index (χ1v) is 7.31. The lowest BCUT2D eigenvalue weighted by atomic mass is 9.94. The van der Waals surface area contributed by atoms with Gasteiger partial charge < -0.3 is 14.6 Å². The molecule has 3 heteroatoms. The third-order valence-corrected chi connectivity index (χ3v) is 4.21. The molecule has 1 aromatic carbocycles. The van der Waals surface area contributed by atoms with Gasteiger partial charge in [-0.2, -0.15) is 0 Å². The molecule has 1 saturated heterocycles. The molecule has 3 rings (SSSR count). The molecule has 19 heavy (non-hydrogen) atoms. The third kappa shape index (κ3) is 2.99. The van der Waals surface area contributed by atoms with Crippen LogP contribution in [0.25, 0.3) is 0 Å². The fourth-order valence-corrected chi connectivity index (χ4v) is 3.11. The molecule has 1 aliphatic heterocycles. The number of hydrogen-bond acceptors (Lipinski definition) is 3. The molecule has 0 amide bonds. The SMILES string of the molecule is O[C@H](Cc1ccccc1)[C@H]1COC2(CCCCC2)O1. The molecule has 1 aliphatic carbocycles. The summed E-state index contributed by atoms with van der Waals surface area (Å²) in [4.78, 5) is 0. The highest BCUT2D eigenvalue weighted by Gasteiger charge is 2.44. The Kier molecular flexibility index (Phi) is 3.87. The summed E-state index contributed by atoms with van der Waals surface area (Å²) in [5, 5.41) is 10.3. The van der Waals surface area contributed by atoms with Crippen LogP contribution in [0.3, 0.4) is 0 Å². The van der Waals surface area contributed by atoms with Gasteiger partial charge in [0.05, 0.1) is 12.7 Å². The van der Waals surface area contributed by atoms with Crippen LogP contribution >= 0.6 is 0 Å². The van der Waals surface area contributed by atoms with Crippen molar-refractivity contribution in [2.45, 2.75) is 56.5 Å². The largest absolute Gasteiger partial charge is 0.390 e. The van der Waals surface area contributed by atoms with Crippen molar-refractivity contribution >= 4 is 0 Å². The Hall–Kier alpha value is -0.900. The average Bonchev–Trinajstić information content (AvgIpc) is 2.85. The maximum absolute atomic E-state index is 10.3. The summed E-state index contributed by atoms with van der Waals surface area (Å²) < 4.78 is 11.9. The van der Waals surface area contributed by atoms with E-state index in [9.17, 15) is 5.11 Å². The molecule has 104 valence electrons. The first-order valence-electron chi connectivity index (χ1n) is 7.31. The number of aliphatic hydroxyl groups is 1. The quantitative estimate of drug-likeness (QED) is 0.910. The van der Waals surface area contributed by atoms with Crippen LogP contribution in [-0.2, 0) is 15.9 Å². The molecule has 0 bridgehead atoms. The Balaban J connectivity index is 1.58. The lowest BCUT2D eigenvalue weighted by Gasteiger charge is -2.32. The number of benzene rings is 1. The van der Waals surface area contributed by atoms with Gasteiger partial charge in [0.25, 0.3) is 0 Å². The van der Waals surface area contributed by atoms with Gasteiger partial charge in [-0.3, -0.25) is 0 Å². The molecular formula is C16H22O3. The van der Waals surface area contributed by atoms with Crippen molar-refractivity contribution in [3.05, 3.63) is 35.9 Å². The first-order chi connectivity index (χ1) is 9.27. The van der Waals surface area contributed by atoms with Crippen molar-refractivity contribution in [2.75, 3.05) is 6.61 Å². The van der Waals surface area contributed by atoms with E-state index in [1.54, 1.807) is 0 Å². The lowest BCUT2D eigenvalue weighted by molar-refractivity contribution is -0.195. The van der Waals surface area contributed by atoms with Gasteiger partial charge in [-0.15, -0.1) is 0 Å². The van der Waals surface area contributed by atoms with E-state index in [1.165, 1.54) is 19.3 Å². The molecule has 1 heterocycles. The molecular weight excluding hydrogens is 240 g/mol. The maximum Gasteiger partial charge on any atom is 0.169 e. The van der Waals surface area contributed by atoms with E-state index >= 15 is 0 Å². The minimum absolute atomic E-state index is 0.182. The summed E-state index contributed by atoms with van der Waals surface area (Å²) in [6, 6.07) is 10.1. The number of aliphatic hydroxyl groups excluding tert-OH is 1. The van der Waals surface area contributed by atoms with Crippen LogP contribution in [0, 0.1) is 0 Å². The number of rotatable bonds is 3. The summed E-state index contributed by atoms with van der Waals surface area (Å²) >= 11 is 0. The van der Waals surface area contributed by atoms with Crippen molar-refractivity contribution in [1.29, 1.82) is 0 Å². The molecule has 1 saturated carbocycles. The topological polar surface area (TPSA) is 38.7 Å². The van der Waals surface area contributed by atoms with Gasteiger partial charge in [-0.05, 0) is 18.4 Å². The zero-order chi connectivity index (χ0) is 13.1. The predicted molar refractivity (Wildman–Crippen MR) is 72.8 cm³/mol. The molecule has 1 N–H and O–H groups in total. The maximum atomic E-state index is 10.3. The van der Waals surface area contributed by atoms with Crippen molar-refractivity contribution in [3.8, 4) is 0 Å². The zero-order valence-corrected chi connectivity index (χ0v) is 11.3. The molecule has 3 nitrogen and oxygen atoms in total. The van der Waals surface area contributed by atoms with Crippen LogP contribution in [-0.4, -0.2) is 29.7 Å². The van der Waals surface area contributed by atoms with Gasteiger partial charge >= 0.3 is 0 Å². The molecule has 1 spiro atoms. The second kappa shape index (κ2) is 5.61. The van der Waals surface area contributed by atoms with E-state index in [-0.39, 0.29) is 11.9 Å². The van der Waals surface area contributed by atoms with Gasteiger partial charge in [0.2, 0.25) is 0 Å². The smallest absolute Gasteiger partial charge is 0.169 e. The van der Waals surface area contributed by atoms with Gasteiger partial charge in [-0.25, -0.2) is 0 Å². The number of ether oxygens (including phenoxy) is 2. The van der Waals surface area contributed by atoms with Gasteiger partial charge in [0.1, 0.15) is 6.10 Å². The van der Waals surface area contributed by atoms with Gasteiger partial charge in [-0.1, -0.05) is 36.8 Å². The summed E-state index contributed by atoms with van der Waals surface area (Å²) in [6.45, 7) is 0.522. The Morgan fingerprint density at radius 2 is 1.89 bits per heavy atom. The Labute approximate surface area is 114 Å². The summed E-state index contributed by atoms with van der Waals surface area (Å²) in [5.41, 5.74) is 1.14. The normalized spacial score (nSPS) is 27.5. The second-order valence-corrected chi connectivity index (χ2v) is 5.70. The number of hydrogen-bond donors (Lipinski definition) is 1. The minimum Gasteiger partial charge on any atom is -0.390 e. The molecule has 0 radical (unpaired) electrons. The molecule has 1 aromatic rings. The van der Waals surface area contributed by atoms with Gasteiger partial charge in [0, 0.05) is 19.3 Å². The van der Waals surface area contributed by atoms with Crippen molar-refractivity contribution in [2.24, 2.45) is 0 Å². The van der Waals surface area contributed by atoms with E-state index in [2.05, 4.69) is 0 Å². The highest BCUT2D eigenvalue weighted by Crippen LogP contribution is 2.38. The first kappa shape index (κ1) is 13.1. The molecule has 0 unspecified atom stereocenters. The monoisotopic (exact) mass is 262 g/mol. The second-order valence-electron chi connectivity index (χ2n) is 5.70. The van der Waals surface area contributed by atoms with Crippen molar-refractivity contribution in [1.82, 2.24) is 0 Å². The summed E-state index contributed by atoms with van der Waals surface area (Å²) in [7, 11) is 0. The van der Waals surface area contributed by atoms with Crippen molar-refractivity contribution < 1.29 is 14.6 Å². The lowest BCUT2D eigenvalue weighted by Crippen LogP contribution is -2.36. The van der Waals surface area contributed by atoms with E-state index < -0.39 is 6.10 Å². The van der Waals surface area contributed by atoms with Crippen LogP contribution in [0.2, 0.25) is 0 Å². The zero-order valence-electron chi connectivity index (χ0n) is 11.3. The Morgan fingerprint density at radius 1 is 1.16 bits per heavy atom. The van der Waals surface area contributed by atoms with Crippen molar-refractivity contribution in [3.63, 3.8) is 0 Å². The molecule has 0 aromatic heterocycles. The predicted octanol–water partition coefficient (Wildman–Crippen LogP) is 2.67.